The van der Waals surface area contributed by atoms with E-state index in [0.29, 0.717) is 11.8 Å². The van der Waals surface area contributed by atoms with Crippen LogP contribution in [0.2, 0.25) is 0 Å². The standard InChI is InChI=1S/C97H82N2/c1-65(2)69-23-27-73(28-24-69)75-35-43-89(44-36-75)98(91-47-39-77(40-48-91)83-21-13-19-81(59-83)71-15-9-7-10-16-71)93-57-67(5)55-87(61-93)85-33-31-79-51-53-97(95(79)63-85)54-52-80-32-34-86(64-96(80)97)88-56-68(6)58-94(62-88)99(90-45-37-76(38-46-90)74-29-25-70(26-30-74)66(3)4)92-49-41-78(42-50-92)84-22-14-20-82(60-84)72-17-11-8-12-18-72/h7-50,55-66H,51-54H2,1-6H3. The predicted molar refractivity (Wildman–Crippen MR) is 421 cm³/mol. The van der Waals surface area contributed by atoms with Crippen LogP contribution >= 0.6 is 0 Å². The molecule has 0 N–H and O–H groups in total. The van der Waals surface area contributed by atoms with Gasteiger partial charge in [0.2, 0.25) is 0 Å². The van der Waals surface area contributed by atoms with E-state index in [1.807, 2.05) is 0 Å². The second-order valence-corrected chi connectivity index (χ2v) is 28.2. The highest BCUT2D eigenvalue weighted by molar-refractivity contribution is 5.87. The zero-order valence-corrected chi connectivity index (χ0v) is 57.6. The van der Waals surface area contributed by atoms with E-state index in [9.17, 15) is 0 Å². The zero-order valence-electron chi connectivity index (χ0n) is 57.6. The first-order valence-electron chi connectivity index (χ1n) is 35.5. The molecule has 0 saturated carbocycles. The van der Waals surface area contributed by atoms with Gasteiger partial charge in [0.05, 0.1) is 0 Å². The van der Waals surface area contributed by atoms with Crippen LogP contribution in [0.5, 0.6) is 0 Å². The van der Waals surface area contributed by atoms with Crippen LogP contribution in [0, 0.1) is 13.8 Å². The molecule has 0 unspecified atom stereocenters. The molecule has 0 aromatic heterocycles. The summed E-state index contributed by atoms with van der Waals surface area (Å²) in [6, 6.07) is 123. The summed E-state index contributed by atoms with van der Waals surface area (Å²) < 4.78 is 0. The molecule has 2 aliphatic carbocycles. The van der Waals surface area contributed by atoms with Crippen molar-refractivity contribution in [3.63, 3.8) is 0 Å². The molecule has 480 valence electrons. The third kappa shape index (κ3) is 12.5. The normalized spacial score (nSPS) is 12.8. The fraction of sp³-hybridized carbons (Fsp3) is 0.134. The second-order valence-electron chi connectivity index (χ2n) is 28.2. The lowest BCUT2D eigenvalue weighted by atomic mass is 9.75. The van der Waals surface area contributed by atoms with Gasteiger partial charge in [0.25, 0.3) is 0 Å². The largest absolute Gasteiger partial charge is 0.310 e. The molecule has 2 heteroatoms. The third-order valence-electron chi connectivity index (χ3n) is 21.1. The summed E-state index contributed by atoms with van der Waals surface area (Å²) in [4.78, 5) is 4.89. The molecule has 14 aromatic rings. The van der Waals surface area contributed by atoms with E-state index in [1.54, 1.807) is 0 Å². The molecule has 99 heavy (non-hydrogen) atoms. The number of benzene rings is 14. The Morgan fingerprint density at radius 1 is 0.232 bits per heavy atom. The highest BCUT2D eigenvalue weighted by atomic mass is 15.1. The van der Waals surface area contributed by atoms with Gasteiger partial charge >= 0.3 is 0 Å². The van der Waals surface area contributed by atoms with E-state index in [-0.39, 0.29) is 5.41 Å². The van der Waals surface area contributed by atoms with E-state index >= 15 is 0 Å². The van der Waals surface area contributed by atoms with Crippen LogP contribution in [0.4, 0.5) is 34.1 Å². The summed E-state index contributed by atoms with van der Waals surface area (Å²) in [6.45, 7) is 13.5. The molecule has 1 spiro atoms. The molecular formula is C97H82N2. The minimum absolute atomic E-state index is 0.0769. The Morgan fingerprint density at radius 3 is 0.828 bits per heavy atom. The van der Waals surface area contributed by atoms with Crippen molar-refractivity contribution in [2.45, 2.75) is 84.5 Å². The molecule has 2 nitrogen and oxygen atoms in total. The lowest BCUT2D eigenvalue weighted by Gasteiger charge is -2.29. The van der Waals surface area contributed by atoms with Gasteiger partial charge in [0.15, 0.2) is 0 Å². The Morgan fingerprint density at radius 2 is 0.505 bits per heavy atom. The minimum atomic E-state index is -0.0769. The monoisotopic (exact) mass is 1270 g/mol. The number of anilines is 6. The fourth-order valence-electron chi connectivity index (χ4n) is 15.7. The zero-order chi connectivity index (χ0) is 67.1. The van der Waals surface area contributed by atoms with Crippen molar-refractivity contribution >= 4 is 34.1 Å². The summed E-state index contributed by atoms with van der Waals surface area (Å²) in [5.41, 5.74) is 37.1. The van der Waals surface area contributed by atoms with Crippen molar-refractivity contribution in [3.05, 3.63) is 372 Å². The number of rotatable bonds is 16. The molecule has 0 saturated heterocycles. The molecule has 0 radical (unpaired) electrons. The molecule has 0 atom stereocenters. The summed E-state index contributed by atoms with van der Waals surface area (Å²) in [5, 5.41) is 0. The Kier molecular flexibility index (Phi) is 16.8. The van der Waals surface area contributed by atoms with Crippen LogP contribution in [0.3, 0.4) is 0 Å². The van der Waals surface area contributed by atoms with Crippen molar-refractivity contribution in [1.82, 2.24) is 0 Å². The van der Waals surface area contributed by atoms with Gasteiger partial charge in [-0.3, -0.25) is 0 Å². The molecule has 0 aliphatic heterocycles. The Labute approximate surface area is 585 Å². The van der Waals surface area contributed by atoms with Crippen molar-refractivity contribution in [2.24, 2.45) is 0 Å². The van der Waals surface area contributed by atoms with Crippen LogP contribution < -0.4 is 9.80 Å². The maximum Gasteiger partial charge on any atom is 0.0470 e. The van der Waals surface area contributed by atoms with Crippen LogP contribution in [0.15, 0.2) is 328 Å². The molecule has 0 fully saturated rings. The Hall–Kier alpha value is -11.3. The van der Waals surface area contributed by atoms with Crippen LogP contribution in [0.25, 0.3) is 89.0 Å². The predicted octanol–water partition coefficient (Wildman–Crippen LogP) is 27.0. The van der Waals surface area contributed by atoms with Crippen LogP contribution in [0.1, 0.15) is 96.9 Å². The van der Waals surface area contributed by atoms with Crippen molar-refractivity contribution in [3.8, 4) is 89.0 Å². The van der Waals surface area contributed by atoms with Crippen molar-refractivity contribution in [2.75, 3.05) is 9.80 Å². The van der Waals surface area contributed by atoms with Crippen molar-refractivity contribution in [1.29, 1.82) is 0 Å². The SMILES string of the molecule is Cc1cc(-c2ccc3c(c2)C2(CC3)CCc3ccc(-c4cc(C)cc(N(c5ccc(-c6ccc(C(C)C)cc6)cc5)c5ccc(-c6cccc(-c7ccccc7)c6)cc5)c4)cc32)cc(N(c2ccc(-c3ccc(C(C)C)cc3)cc2)c2ccc(-c3cccc(-c4ccccc4)c3)cc2)c1. The van der Waals surface area contributed by atoms with Crippen molar-refractivity contribution < 1.29 is 0 Å². The van der Waals surface area contributed by atoms with Gasteiger partial charge < -0.3 is 9.80 Å². The Bertz CT molecular complexity index is 4890. The first-order valence-corrected chi connectivity index (χ1v) is 35.5. The first-order chi connectivity index (χ1) is 48.4. The van der Waals surface area contributed by atoms with E-state index < -0.39 is 0 Å². The molecule has 0 amide bonds. The van der Waals surface area contributed by atoms with E-state index in [4.69, 9.17) is 0 Å². The highest BCUT2D eigenvalue weighted by Gasteiger charge is 2.45. The molecule has 2 aliphatic rings. The van der Waals surface area contributed by atoms with E-state index in [0.717, 1.165) is 59.8 Å². The summed E-state index contributed by atoms with van der Waals surface area (Å²) in [6.07, 6.45) is 4.35. The van der Waals surface area contributed by atoms with Crippen LogP contribution in [-0.2, 0) is 18.3 Å². The second kappa shape index (κ2) is 26.6. The first kappa shape index (κ1) is 62.5. The maximum atomic E-state index is 2.57. The fourth-order valence-corrected chi connectivity index (χ4v) is 15.7. The lowest BCUT2D eigenvalue weighted by Crippen LogP contribution is -2.21. The van der Waals surface area contributed by atoms with Gasteiger partial charge in [-0.25, -0.2) is 0 Å². The maximum absolute atomic E-state index is 2.57. The van der Waals surface area contributed by atoms with Gasteiger partial charge in [0.1, 0.15) is 0 Å². The van der Waals surface area contributed by atoms with E-state index in [2.05, 4.69) is 379 Å². The van der Waals surface area contributed by atoms with E-state index in [1.165, 1.54) is 134 Å². The summed E-state index contributed by atoms with van der Waals surface area (Å²) in [5.74, 6) is 0.972. The van der Waals surface area contributed by atoms with Gasteiger partial charge in [-0.15, -0.1) is 0 Å². The number of hydrogen-bond acceptors (Lipinski definition) is 2. The number of hydrogen-bond donors (Lipinski definition) is 0. The number of nitrogens with zero attached hydrogens (tertiary/aromatic N) is 2. The number of aryl methyl sites for hydroxylation is 4. The molecule has 0 bridgehead atoms. The summed E-state index contributed by atoms with van der Waals surface area (Å²) in [7, 11) is 0. The minimum Gasteiger partial charge on any atom is -0.310 e. The van der Waals surface area contributed by atoms with Crippen LogP contribution in [-0.4, -0.2) is 0 Å². The molecule has 16 rings (SSSR count). The smallest absolute Gasteiger partial charge is 0.0470 e. The molecule has 0 heterocycles. The van der Waals surface area contributed by atoms with Gasteiger partial charge in [0, 0.05) is 39.5 Å². The average Bonchev–Trinajstić information content (AvgIpc) is 1.53. The highest BCUT2D eigenvalue weighted by Crippen LogP contribution is 2.54. The third-order valence-corrected chi connectivity index (χ3v) is 21.1. The molecule has 14 aromatic carbocycles. The quantitative estimate of drug-likeness (QED) is 0.0951. The Balaban J connectivity index is 0.736. The average molecular weight is 1280 g/mol. The van der Waals surface area contributed by atoms with Gasteiger partial charge in [-0.1, -0.05) is 258 Å². The topological polar surface area (TPSA) is 6.48 Å². The van der Waals surface area contributed by atoms with Gasteiger partial charge in [-0.05, 0) is 282 Å². The summed E-state index contributed by atoms with van der Waals surface area (Å²) >= 11 is 0. The number of fused-ring (bicyclic) bond motifs is 4. The molecular weight excluding hydrogens is 1190 g/mol. The lowest BCUT2D eigenvalue weighted by molar-refractivity contribution is 0.507. The van der Waals surface area contributed by atoms with Gasteiger partial charge in [-0.2, -0.15) is 0 Å².